The van der Waals surface area contributed by atoms with Crippen molar-refractivity contribution in [2.24, 2.45) is 0 Å². The summed E-state index contributed by atoms with van der Waals surface area (Å²) in [4.78, 5) is 0. The SMILES string of the molecule is CCOCc1ccc(-c2ccc(-c3ccc(CC)cc3)cc2)cc1. The summed E-state index contributed by atoms with van der Waals surface area (Å²) >= 11 is 0. The van der Waals surface area contributed by atoms with Crippen LogP contribution >= 0.6 is 0 Å². The summed E-state index contributed by atoms with van der Waals surface area (Å²) in [5.41, 5.74) is 7.60. The van der Waals surface area contributed by atoms with Crippen molar-refractivity contribution in [1.82, 2.24) is 0 Å². The molecule has 0 bridgehead atoms. The molecule has 0 radical (unpaired) electrons. The van der Waals surface area contributed by atoms with Gasteiger partial charge in [-0.3, -0.25) is 0 Å². The summed E-state index contributed by atoms with van der Waals surface area (Å²) in [6.07, 6.45) is 1.08. The molecule has 0 fully saturated rings. The molecule has 0 heterocycles. The van der Waals surface area contributed by atoms with E-state index in [0.717, 1.165) is 13.0 Å². The van der Waals surface area contributed by atoms with Crippen LogP contribution in [0, 0.1) is 0 Å². The Morgan fingerprint density at radius 2 is 0.917 bits per heavy atom. The van der Waals surface area contributed by atoms with Gasteiger partial charge >= 0.3 is 0 Å². The zero-order chi connectivity index (χ0) is 16.8. The Hall–Kier alpha value is -2.38. The molecular formula is C23H24O. The first kappa shape index (κ1) is 16.5. The highest BCUT2D eigenvalue weighted by molar-refractivity contribution is 5.70. The third-order valence-corrected chi connectivity index (χ3v) is 4.34. The Labute approximate surface area is 144 Å². The van der Waals surface area contributed by atoms with E-state index in [2.05, 4.69) is 79.7 Å². The number of ether oxygens (including phenoxy) is 1. The van der Waals surface area contributed by atoms with E-state index < -0.39 is 0 Å². The van der Waals surface area contributed by atoms with E-state index in [9.17, 15) is 0 Å². The average molecular weight is 316 g/mol. The molecule has 24 heavy (non-hydrogen) atoms. The lowest BCUT2D eigenvalue weighted by atomic mass is 9.99. The molecule has 1 nitrogen and oxygen atoms in total. The molecule has 0 atom stereocenters. The molecule has 122 valence electrons. The fourth-order valence-corrected chi connectivity index (χ4v) is 2.80. The quantitative estimate of drug-likeness (QED) is 0.532. The van der Waals surface area contributed by atoms with Gasteiger partial charge in [0.15, 0.2) is 0 Å². The molecule has 0 saturated carbocycles. The van der Waals surface area contributed by atoms with Gasteiger partial charge in [-0.15, -0.1) is 0 Å². The van der Waals surface area contributed by atoms with Gasteiger partial charge in [0.05, 0.1) is 6.61 Å². The molecule has 0 saturated heterocycles. The summed E-state index contributed by atoms with van der Waals surface area (Å²) in [6, 6.07) is 26.2. The van der Waals surface area contributed by atoms with Gasteiger partial charge < -0.3 is 4.74 Å². The van der Waals surface area contributed by atoms with Crippen molar-refractivity contribution in [3.8, 4) is 22.3 Å². The fourth-order valence-electron chi connectivity index (χ4n) is 2.80. The van der Waals surface area contributed by atoms with Gasteiger partial charge in [-0.25, -0.2) is 0 Å². The van der Waals surface area contributed by atoms with Crippen LogP contribution in [0.5, 0.6) is 0 Å². The number of benzene rings is 3. The van der Waals surface area contributed by atoms with Gasteiger partial charge in [0, 0.05) is 6.61 Å². The van der Waals surface area contributed by atoms with Crippen molar-refractivity contribution in [2.45, 2.75) is 26.9 Å². The molecule has 0 aliphatic carbocycles. The lowest BCUT2D eigenvalue weighted by Gasteiger charge is -2.07. The first-order chi connectivity index (χ1) is 11.8. The van der Waals surface area contributed by atoms with Crippen LogP contribution in [0.3, 0.4) is 0 Å². The third-order valence-electron chi connectivity index (χ3n) is 4.34. The van der Waals surface area contributed by atoms with Crippen LogP contribution in [0.1, 0.15) is 25.0 Å². The average Bonchev–Trinajstić information content (AvgIpc) is 2.67. The number of aryl methyl sites for hydroxylation is 1. The van der Waals surface area contributed by atoms with Crippen LogP contribution in [-0.2, 0) is 17.8 Å². The summed E-state index contributed by atoms with van der Waals surface area (Å²) in [7, 11) is 0. The van der Waals surface area contributed by atoms with Gasteiger partial charge in [-0.05, 0) is 46.7 Å². The van der Waals surface area contributed by atoms with Crippen molar-refractivity contribution in [2.75, 3.05) is 6.61 Å². The van der Waals surface area contributed by atoms with Gasteiger partial charge in [0.25, 0.3) is 0 Å². The third kappa shape index (κ3) is 3.93. The summed E-state index contributed by atoms with van der Waals surface area (Å²) in [6.45, 7) is 5.64. The van der Waals surface area contributed by atoms with Crippen LogP contribution < -0.4 is 0 Å². The van der Waals surface area contributed by atoms with Crippen LogP contribution in [0.4, 0.5) is 0 Å². The normalized spacial score (nSPS) is 10.8. The van der Waals surface area contributed by atoms with E-state index >= 15 is 0 Å². The van der Waals surface area contributed by atoms with Crippen molar-refractivity contribution < 1.29 is 4.74 Å². The van der Waals surface area contributed by atoms with E-state index in [4.69, 9.17) is 4.74 Å². The van der Waals surface area contributed by atoms with Gasteiger partial charge in [0.2, 0.25) is 0 Å². The van der Waals surface area contributed by atoms with Crippen LogP contribution in [-0.4, -0.2) is 6.61 Å². The molecule has 3 aromatic rings. The van der Waals surface area contributed by atoms with Gasteiger partial charge in [0.1, 0.15) is 0 Å². The Morgan fingerprint density at radius 3 is 1.29 bits per heavy atom. The topological polar surface area (TPSA) is 9.23 Å². The highest BCUT2D eigenvalue weighted by atomic mass is 16.5. The highest BCUT2D eigenvalue weighted by Crippen LogP contribution is 2.25. The zero-order valence-electron chi connectivity index (χ0n) is 14.5. The molecule has 0 N–H and O–H groups in total. The Kier molecular flexibility index (Phi) is 5.45. The molecule has 0 amide bonds. The van der Waals surface area contributed by atoms with Crippen molar-refractivity contribution in [1.29, 1.82) is 0 Å². The lowest BCUT2D eigenvalue weighted by Crippen LogP contribution is -1.91. The first-order valence-electron chi connectivity index (χ1n) is 8.66. The fraction of sp³-hybridized carbons (Fsp3) is 0.217. The van der Waals surface area contributed by atoms with Crippen molar-refractivity contribution >= 4 is 0 Å². The van der Waals surface area contributed by atoms with Crippen LogP contribution in [0.2, 0.25) is 0 Å². The monoisotopic (exact) mass is 316 g/mol. The minimum atomic E-state index is 0.684. The number of hydrogen-bond donors (Lipinski definition) is 0. The molecule has 0 aliphatic heterocycles. The molecule has 3 aromatic carbocycles. The first-order valence-corrected chi connectivity index (χ1v) is 8.66. The molecular weight excluding hydrogens is 292 g/mol. The Morgan fingerprint density at radius 1 is 0.542 bits per heavy atom. The van der Waals surface area contributed by atoms with E-state index in [0.29, 0.717) is 6.61 Å². The number of rotatable bonds is 6. The number of hydrogen-bond acceptors (Lipinski definition) is 1. The molecule has 0 unspecified atom stereocenters. The maximum atomic E-state index is 5.45. The minimum Gasteiger partial charge on any atom is -0.377 e. The Bertz CT molecular complexity index is 753. The second kappa shape index (κ2) is 7.94. The summed E-state index contributed by atoms with van der Waals surface area (Å²) < 4.78 is 5.45. The zero-order valence-corrected chi connectivity index (χ0v) is 14.5. The minimum absolute atomic E-state index is 0.684. The van der Waals surface area contributed by atoms with E-state index in [1.807, 2.05) is 6.92 Å². The largest absolute Gasteiger partial charge is 0.377 e. The van der Waals surface area contributed by atoms with Crippen molar-refractivity contribution in [3.63, 3.8) is 0 Å². The van der Waals surface area contributed by atoms with Gasteiger partial charge in [-0.2, -0.15) is 0 Å². The van der Waals surface area contributed by atoms with Crippen LogP contribution in [0.15, 0.2) is 72.8 Å². The van der Waals surface area contributed by atoms with E-state index in [1.165, 1.54) is 33.4 Å². The predicted octanol–water partition coefficient (Wildman–Crippen LogP) is 6.12. The Balaban J connectivity index is 1.76. The molecule has 0 aromatic heterocycles. The maximum Gasteiger partial charge on any atom is 0.0716 e. The smallest absolute Gasteiger partial charge is 0.0716 e. The van der Waals surface area contributed by atoms with Gasteiger partial charge in [-0.1, -0.05) is 79.7 Å². The molecule has 1 heteroatoms. The highest BCUT2D eigenvalue weighted by Gasteiger charge is 2.01. The van der Waals surface area contributed by atoms with Crippen molar-refractivity contribution in [3.05, 3.63) is 83.9 Å². The standard InChI is InChI=1S/C23H24O/c1-3-18-5-9-20(10-6-18)22-13-15-23(16-14-22)21-11-7-19(8-12-21)17-24-4-2/h5-16H,3-4,17H2,1-2H3. The summed E-state index contributed by atoms with van der Waals surface area (Å²) in [5, 5.41) is 0. The van der Waals surface area contributed by atoms with E-state index in [-0.39, 0.29) is 0 Å². The summed E-state index contributed by atoms with van der Waals surface area (Å²) in [5.74, 6) is 0. The predicted molar refractivity (Wildman–Crippen MR) is 102 cm³/mol. The second-order valence-corrected chi connectivity index (χ2v) is 5.96. The molecule has 0 aliphatic rings. The molecule has 0 spiro atoms. The molecule has 3 rings (SSSR count). The van der Waals surface area contributed by atoms with E-state index in [1.54, 1.807) is 0 Å². The van der Waals surface area contributed by atoms with Crippen LogP contribution in [0.25, 0.3) is 22.3 Å². The lowest BCUT2D eigenvalue weighted by molar-refractivity contribution is 0.134. The maximum absolute atomic E-state index is 5.45. The second-order valence-electron chi connectivity index (χ2n) is 5.96.